The molecule has 0 heterocycles. The zero-order chi connectivity index (χ0) is 23.8. The molecule has 8 fully saturated rings. The van der Waals surface area contributed by atoms with E-state index in [1.54, 1.807) is 89.6 Å². The van der Waals surface area contributed by atoms with Gasteiger partial charge in [-0.05, 0) is 119 Å². The van der Waals surface area contributed by atoms with E-state index >= 15 is 0 Å². The van der Waals surface area contributed by atoms with Crippen molar-refractivity contribution in [3.05, 3.63) is 0 Å². The molecule has 0 aromatic rings. The van der Waals surface area contributed by atoms with Crippen molar-refractivity contribution >= 4 is 19.9 Å². The molecule has 0 saturated heterocycles. The van der Waals surface area contributed by atoms with Gasteiger partial charge in [0.2, 0.25) is 0 Å². The minimum absolute atomic E-state index is 0. The Hall–Kier alpha value is -0.00766. The average Bonchev–Trinajstić information content (AvgIpc) is 2.65. The monoisotopic (exact) mass is 603 g/mol. The van der Waals surface area contributed by atoms with E-state index in [4.69, 9.17) is 19.8 Å². The molecule has 0 atom stereocenters. The first kappa shape index (κ1) is 31.2. The molecule has 35 heavy (non-hydrogen) atoms. The van der Waals surface area contributed by atoms with Gasteiger partial charge in [-0.2, -0.15) is 0 Å². The van der Waals surface area contributed by atoms with Crippen molar-refractivity contribution in [2.45, 2.75) is 121 Å². The molecule has 4 N–H and O–H groups in total. The maximum Gasteiger partial charge on any atom is 0.300 e. The molecule has 206 valence electrons. The van der Waals surface area contributed by atoms with E-state index in [1.165, 1.54) is 41.9 Å². The largest absolute Gasteiger partial charge is 0.481 e. The fourth-order valence-electron chi connectivity index (χ4n) is 10.4. The second-order valence-corrected chi connectivity index (χ2v) is 16.6. The zero-order valence-electron chi connectivity index (χ0n) is 22.1. The number of unbranched alkanes of at least 4 members (excludes halogenated alkanes) is 1. The van der Waals surface area contributed by atoms with Gasteiger partial charge in [0.15, 0.2) is 0 Å². The van der Waals surface area contributed by atoms with Crippen LogP contribution in [-0.2, 0) is 30.0 Å². The van der Waals surface area contributed by atoms with Gasteiger partial charge in [0.05, 0.1) is 16.5 Å². The minimum atomic E-state index is -0.833. The van der Waals surface area contributed by atoms with Gasteiger partial charge in [-0.1, -0.05) is 13.3 Å². The Morgan fingerprint density at radius 1 is 0.686 bits per heavy atom. The second-order valence-electron chi connectivity index (χ2n) is 13.0. The van der Waals surface area contributed by atoms with Crippen LogP contribution in [0.3, 0.4) is 0 Å². The van der Waals surface area contributed by atoms with E-state index in [0.717, 1.165) is 24.2 Å². The number of rotatable bonds is 5. The van der Waals surface area contributed by atoms with Crippen LogP contribution in [0, 0.1) is 35.5 Å². The molecule has 0 radical (unpaired) electrons. The molecule has 0 unspecified atom stereocenters. The molecule has 7 heteroatoms. The van der Waals surface area contributed by atoms with Gasteiger partial charge in [-0.15, -0.1) is 0 Å². The van der Waals surface area contributed by atoms with Gasteiger partial charge in [0, 0.05) is 42.2 Å². The van der Waals surface area contributed by atoms with Gasteiger partial charge in [-0.25, -0.2) is 0 Å². The molecule has 0 aromatic carbocycles. The Bertz CT molecular complexity index is 592. The number of hydrogen-bond acceptors (Lipinski definition) is 2. The number of aliphatic carboxylic acids is 2. The first-order chi connectivity index (χ1) is 15.6. The maximum absolute atomic E-state index is 9.00. The Morgan fingerprint density at radius 3 is 1.11 bits per heavy atom. The van der Waals surface area contributed by atoms with Gasteiger partial charge >= 0.3 is 0 Å². The van der Waals surface area contributed by atoms with Gasteiger partial charge in [-0.3, -0.25) is 9.59 Å². The molecule has 0 spiro atoms. The van der Waals surface area contributed by atoms with Crippen LogP contribution in [0.15, 0.2) is 0 Å². The Balaban J connectivity index is 0.000000383. The van der Waals surface area contributed by atoms with Crippen molar-refractivity contribution in [2.24, 2.45) is 35.5 Å². The van der Waals surface area contributed by atoms with Crippen molar-refractivity contribution in [1.82, 2.24) is 0 Å². The van der Waals surface area contributed by atoms with Crippen LogP contribution in [-0.4, -0.2) is 44.1 Å². The summed E-state index contributed by atoms with van der Waals surface area (Å²) >= 11 is 0. The topological polar surface area (TPSA) is 106 Å². The van der Waals surface area contributed by atoms with E-state index in [0.29, 0.717) is 0 Å². The molecule has 8 aliphatic carbocycles. The standard InChI is InChI=1S/C24H39P.2C2H4O2.H2O.Pd/c1-2-3-4-25(23-11-17-5-18(12-23)7-19(6-17)13-23)24-14-20-8-21(15-24)10-22(9-20)16-24;2*1-2(3)4;;/h17-22H,2-16H2,1H3;2*1H3,(H,3,4);1H2;/p+1. The summed E-state index contributed by atoms with van der Waals surface area (Å²) in [5, 5.41) is 16.7. The predicted octanol–water partition coefficient (Wildman–Crippen LogP) is 6.29. The summed E-state index contributed by atoms with van der Waals surface area (Å²) < 4.78 is 0. The number of carboxylic acid groups (broad SMARTS) is 2. The third-order valence-corrected chi connectivity index (χ3v) is 14.8. The van der Waals surface area contributed by atoms with Crippen molar-refractivity contribution in [1.29, 1.82) is 0 Å². The Labute approximate surface area is 227 Å². The molecule has 8 saturated carbocycles. The van der Waals surface area contributed by atoms with Crippen LogP contribution in [0.25, 0.3) is 0 Å². The predicted molar refractivity (Wildman–Crippen MR) is 140 cm³/mol. The summed E-state index contributed by atoms with van der Waals surface area (Å²) in [6.45, 7) is 4.62. The second kappa shape index (κ2) is 12.7. The smallest absolute Gasteiger partial charge is 0.300 e. The summed E-state index contributed by atoms with van der Waals surface area (Å²) in [6.07, 6.45) is 24.8. The first-order valence-corrected chi connectivity index (χ1v) is 15.6. The Morgan fingerprint density at radius 2 is 0.914 bits per heavy atom. The average molecular weight is 604 g/mol. The third kappa shape index (κ3) is 7.10. The van der Waals surface area contributed by atoms with Gasteiger partial charge < -0.3 is 15.7 Å². The molecule has 8 aliphatic rings. The van der Waals surface area contributed by atoms with E-state index in [1.807, 2.05) is 0 Å². The summed E-state index contributed by atoms with van der Waals surface area (Å²) in [5.74, 6) is 5.34. The van der Waals surface area contributed by atoms with Gasteiger partial charge in [0.1, 0.15) is 0 Å². The molecular weight excluding hydrogens is 554 g/mol. The quantitative estimate of drug-likeness (QED) is 0.284. The fraction of sp³-hybridized carbons (Fsp3) is 0.929. The van der Waals surface area contributed by atoms with Crippen LogP contribution in [0.5, 0.6) is 0 Å². The molecule has 0 aliphatic heterocycles. The van der Waals surface area contributed by atoms with Crippen LogP contribution in [0.4, 0.5) is 0 Å². The van der Waals surface area contributed by atoms with E-state index < -0.39 is 11.9 Å². The molecule has 0 aromatic heterocycles. The number of carboxylic acids is 2. The fourth-order valence-corrected chi connectivity index (χ4v) is 16.5. The SMILES string of the molecule is CC(=O)O.CC(=O)O.CCCC[PH+](C12CC3CC(CC(C3)C1)C2)C12CC3CC(CC(C3)C1)C2.O.[Pd]. The summed E-state index contributed by atoms with van der Waals surface area (Å²) in [6, 6.07) is 0. The van der Waals surface area contributed by atoms with E-state index in [-0.39, 0.29) is 33.8 Å². The third-order valence-electron chi connectivity index (χ3n) is 10.1. The van der Waals surface area contributed by atoms with Crippen LogP contribution < -0.4 is 0 Å². The van der Waals surface area contributed by atoms with E-state index in [2.05, 4.69) is 6.92 Å². The molecule has 0 amide bonds. The number of hydrogen-bond donors (Lipinski definition) is 2. The van der Waals surface area contributed by atoms with Crippen molar-refractivity contribution in [3.8, 4) is 0 Å². The molecule has 5 nitrogen and oxygen atoms in total. The van der Waals surface area contributed by atoms with Crippen molar-refractivity contribution in [2.75, 3.05) is 6.16 Å². The summed E-state index contributed by atoms with van der Waals surface area (Å²) in [7, 11) is -0.196. The van der Waals surface area contributed by atoms with Crippen molar-refractivity contribution < 1.29 is 45.7 Å². The normalized spacial score (nSPS) is 41.8. The zero-order valence-corrected chi connectivity index (χ0v) is 24.7. The van der Waals surface area contributed by atoms with Crippen LogP contribution in [0.1, 0.15) is 111 Å². The summed E-state index contributed by atoms with van der Waals surface area (Å²) in [5.41, 5.74) is 0. The molecular formula is C28H50O5PPd+. The van der Waals surface area contributed by atoms with Crippen LogP contribution in [0.2, 0.25) is 0 Å². The summed E-state index contributed by atoms with van der Waals surface area (Å²) in [4.78, 5) is 18.0. The van der Waals surface area contributed by atoms with Crippen LogP contribution >= 0.6 is 7.92 Å². The number of carbonyl (C=O) groups is 2. The molecule has 8 bridgehead atoms. The van der Waals surface area contributed by atoms with Gasteiger partial charge in [0.25, 0.3) is 11.9 Å². The maximum atomic E-state index is 9.00. The minimum Gasteiger partial charge on any atom is -0.481 e. The first-order valence-electron chi connectivity index (χ1n) is 13.9. The van der Waals surface area contributed by atoms with Crippen molar-refractivity contribution in [3.63, 3.8) is 0 Å². The van der Waals surface area contributed by atoms with E-state index in [9.17, 15) is 0 Å². The molecule has 8 rings (SSSR count). The Kier molecular flexibility index (Phi) is 11.3.